The smallest absolute Gasteiger partial charge is 0.126 e. The Labute approximate surface area is 164 Å². The Morgan fingerprint density at radius 3 is 2.30 bits per heavy atom. The molecular weight excluding hydrogens is 332 g/mol. The van der Waals surface area contributed by atoms with Gasteiger partial charge in [-0.05, 0) is 30.0 Å². The summed E-state index contributed by atoms with van der Waals surface area (Å²) in [6.07, 6.45) is 14.6. The molecule has 0 bridgehead atoms. The van der Waals surface area contributed by atoms with Crippen molar-refractivity contribution >= 4 is 12.2 Å². The molecule has 0 radical (unpaired) electrons. The normalized spacial score (nSPS) is 11.2. The summed E-state index contributed by atoms with van der Waals surface area (Å²) >= 11 is 0. The van der Waals surface area contributed by atoms with E-state index in [1.54, 1.807) is 0 Å². The number of aliphatic hydroxyl groups excluding tert-OH is 1. The molecule has 0 fully saturated rings. The molecule has 0 aliphatic carbocycles. The van der Waals surface area contributed by atoms with Crippen molar-refractivity contribution in [1.29, 1.82) is 0 Å². The summed E-state index contributed by atoms with van der Waals surface area (Å²) in [6.45, 7) is 2.62. The largest absolute Gasteiger partial charge is 0.491 e. The lowest BCUT2D eigenvalue weighted by atomic mass is 9.98. The molecule has 0 saturated carbocycles. The summed E-state index contributed by atoms with van der Waals surface area (Å²) in [6, 6.07) is 16.6. The molecule has 146 valence electrons. The molecule has 0 amide bonds. The second-order valence-corrected chi connectivity index (χ2v) is 7.02. The summed E-state index contributed by atoms with van der Waals surface area (Å²) in [7, 11) is 0. The monoisotopic (exact) mass is 366 g/mol. The fourth-order valence-corrected chi connectivity index (χ4v) is 3.29. The fraction of sp³-hybridized carbons (Fsp3) is 0.440. The van der Waals surface area contributed by atoms with Gasteiger partial charge in [0.1, 0.15) is 12.4 Å². The van der Waals surface area contributed by atoms with E-state index in [9.17, 15) is 0 Å². The van der Waals surface area contributed by atoms with E-state index >= 15 is 0 Å². The zero-order valence-electron chi connectivity index (χ0n) is 16.7. The van der Waals surface area contributed by atoms with Gasteiger partial charge in [0, 0.05) is 5.56 Å². The van der Waals surface area contributed by atoms with Crippen LogP contribution in [0.2, 0.25) is 0 Å². The Morgan fingerprint density at radius 2 is 1.56 bits per heavy atom. The van der Waals surface area contributed by atoms with Crippen LogP contribution in [0.15, 0.2) is 48.5 Å². The molecule has 1 N–H and O–H groups in total. The molecule has 2 aromatic rings. The van der Waals surface area contributed by atoms with Crippen LogP contribution < -0.4 is 4.74 Å². The van der Waals surface area contributed by atoms with Crippen molar-refractivity contribution in [2.45, 2.75) is 58.3 Å². The van der Waals surface area contributed by atoms with E-state index in [1.807, 2.05) is 24.3 Å². The number of aryl methyl sites for hydroxylation is 1. The Hall–Kier alpha value is -2.06. The predicted octanol–water partition coefficient (Wildman–Crippen LogP) is 6.52. The number of hydrogen-bond acceptors (Lipinski definition) is 2. The van der Waals surface area contributed by atoms with Crippen LogP contribution in [0.5, 0.6) is 5.75 Å². The number of benzene rings is 2. The highest BCUT2D eigenvalue weighted by Crippen LogP contribution is 2.27. The van der Waals surface area contributed by atoms with E-state index < -0.39 is 0 Å². The van der Waals surface area contributed by atoms with E-state index in [0.29, 0.717) is 6.61 Å². The van der Waals surface area contributed by atoms with Gasteiger partial charge in [0.25, 0.3) is 0 Å². The topological polar surface area (TPSA) is 29.5 Å². The first kappa shape index (κ1) is 21.2. The highest BCUT2D eigenvalue weighted by Gasteiger charge is 2.07. The van der Waals surface area contributed by atoms with Crippen LogP contribution >= 0.6 is 0 Å². The first-order chi connectivity index (χ1) is 13.3. The Bertz CT molecular complexity index is 661. The molecule has 0 unspecified atom stereocenters. The third-order valence-electron chi connectivity index (χ3n) is 4.80. The third kappa shape index (κ3) is 8.01. The van der Waals surface area contributed by atoms with Crippen molar-refractivity contribution < 1.29 is 9.84 Å². The third-order valence-corrected chi connectivity index (χ3v) is 4.80. The van der Waals surface area contributed by atoms with Crippen LogP contribution in [0.25, 0.3) is 12.2 Å². The van der Waals surface area contributed by atoms with Gasteiger partial charge in [0.05, 0.1) is 6.61 Å². The summed E-state index contributed by atoms with van der Waals surface area (Å²) < 4.78 is 5.79. The van der Waals surface area contributed by atoms with Crippen molar-refractivity contribution in [3.63, 3.8) is 0 Å². The summed E-state index contributed by atoms with van der Waals surface area (Å²) in [5.41, 5.74) is 3.64. The molecule has 0 saturated heterocycles. The van der Waals surface area contributed by atoms with Gasteiger partial charge in [0.15, 0.2) is 0 Å². The lowest BCUT2D eigenvalue weighted by Gasteiger charge is -2.13. The zero-order chi connectivity index (χ0) is 19.2. The predicted molar refractivity (Wildman–Crippen MR) is 116 cm³/mol. The van der Waals surface area contributed by atoms with Crippen molar-refractivity contribution in [2.75, 3.05) is 13.2 Å². The highest BCUT2D eigenvalue weighted by molar-refractivity contribution is 5.74. The Kier molecular flexibility index (Phi) is 10.4. The molecule has 27 heavy (non-hydrogen) atoms. The maximum Gasteiger partial charge on any atom is 0.126 e. The zero-order valence-corrected chi connectivity index (χ0v) is 16.7. The van der Waals surface area contributed by atoms with Crippen LogP contribution in [0.1, 0.15) is 68.6 Å². The van der Waals surface area contributed by atoms with Crippen molar-refractivity contribution in [1.82, 2.24) is 0 Å². The van der Waals surface area contributed by atoms with E-state index in [2.05, 4.69) is 43.3 Å². The first-order valence-electron chi connectivity index (χ1n) is 10.4. The molecule has 0 atom stereocenters. The lowest BCUT2D eigenvalue weighted by molar-refractivity contribution is 0.201. The summed E-state index contributed by atoms with van der Waals surface area (Å²) in [4.78, 5) is 0. The second-order valence-electron chi connectivity index (χ2n) is 7.02. The quantitative estimate of drug-likeness (QED) is 0.323. The van der Waals surface area contributed by atoms with E-state index in [0.717, 1.165) is 17.7 Å². The molecule has 2 aromatic carbocycles. The summed E-state index contributed by atoms with van der Waals surface area (Å²) in [5.74, 6) is 0.858. The minimum absolute atomic E-state index is 0.0316. The molecule has 0 spiro atoms. The minimum atomic E-state index is 0.0316. The second kappa shape index (κ2) is 13.2. The van der Waals surface area contributed by atoms with Crippen LogP contribution in [0.3, 0.4) is 0 Å². The minimum Gasteiger partial charge on any atom is -0.491 e. The molecule has 0 aromatic heterocycles. The van der Waals surface area contributed by atoms with Crippen molar-refractivity contribution in [2.24, 2.45) is 0 Å². The van der Waals surface area contributed by atoms with E-state index in [4.69, 9.17) is 9.84 Å². The first-order valence-corrected chi connectivity index (χ1v) is 10.4. The van der Waals surface area contributed by atoms with Gasteiger partial charge in [-0.3, -0.25) is 0 Å². The van der Waals surface area contributed by atoms with Crippen LogP contribution in [0.4, 0.5) is 0 Å². The van der Waals surface area contributed by atoms with Crippen molar-refractivity contribution in [3.8, 4) is 5.75 Å². The van der Waals surface area contributed by atoms with E-state index in [-0.39, 0.29) is 6.61 Å². The van der Waals surface area contributed by atoms with Gasteiger partial charge in [-0.15, -0.1) is 0 Å². The van der Waals surface area contributed by atoms with Crippen molar-refractivity contribution in [3.05, 3.63) is 65.2 Å². The van der Waals surface area contributed by atoms with Gasteiger partial charge in [-0.2, -0.15) is 0 Å². The fourth-order valence-electron chi connectivity index (χ4n) is 3.29. The summed E-state index contributed by atoms with van der Waals surface area (Å²) in [5, 5.41) is 9.11. The maximum absolute atomic E-state index is 9.11. The van der Waals surface area contributed by atoms with Gasteiger partial charge >= 0.3 is 0 Å². The number of ether oxygens (including phenoxy) is 1. The number of aliphatic hydroxyl groups is 1. The standard InChI is InChI=1S/C25H34O2/c1-2-3-4-5-6-7-11-15-23-16-12-17-25(27-21-20-26)24(23)19-18-22-13-9-8-10-14-22/h8-10,12-14,16-19,26H,2-7,11,15,20-21H2,1H3. The lowest BCUT2D eigenvalue weighted by Crippen LogP contribution is -2.04. The molecular formula is C25H34O2. The van der Waals surface area contributed by atoms with Gasteiger partial charge in [0.2, 0.25) is 0 Å². The molecule has 2 rings (SSSR count). The number of hydrogen-bond donors (Lipinski definition) is 1. The maximum atomic E-state index is 9.11. The van der Waals surface area contributed by atoms with Crippen LogP contribution in [-0.4, -0.2) is 18.3 Å². The Morgan fingerprint density at radius 1 is 0.815 bits per heavy atom. The average molecular weight is 367 g/mol. The van der Waals surface area contributed by atoms with Gasteiger partial charge in [-0.1, -0.05) is 100 Å². The number of rotatable bonds is 13. The number of unbranched alkanes of at least 4 members (excludes halogenated alkanes) is 6. The molecule has 0 aliphatic heterocycles. The molecule has 0 aliphatic rings. The average Bonchev–Trinajstić information content (AvgIpc) is 2.71. The molecule has 0 heterocycles. The SMILES string of the molecule is CCCCCCCCCc1cccc(OCCO)c1C=Cc1ccccc1. The highest BCUT2D eigenvalue weighted by atomic mass is 16.5. The van der Waals surface area contributed by atoms with Crippen LogP contribution in [0, 0.1) is 0 Å². The molecule has 2 heteroatoms. The van der Waals surface area contributed by atoms with E-state index in [1.165, 1.54) is 56.1 Å². The van der Waals surface area contributed by atoms with Crippen LogP contribution in [-0.2, 0) is 6.42 Å². The van der Waals surface area contributed by atoms with Gasteiger partial charge < -0.3 is 9.84 Å². The van der Waals surface area contributed by atoms with Gasteiger partial charge in [-0.25, -0.2) is 0 Å². The Balaban J connectivity index is 2.02. The molecule has 2 nitrogen and oxygen atoms in total.